The van der Waals surface area contributed by atoms with Gasteiger partial charge in [0, 0.05) is 16.8 Å². The second-order valence-corrected chi connectivity index (χ2v) is 5.44. The number of fused-ring (bicyclic) bond motifs is 1. The molecule has 0 fully saturated rings. The SMILES string of the molecule is O=C(CNc1cc(Cl)ccc1Cl)Nc1ccc2c(c1)OCO2. The van der Waals surface area contributed by atoms with Gasteiger partial charge in [0.25, 0.3) is 0 Å². The molecule has 22 heavy (non-hydrogen) atoms. The highest BCUT2D eigenvalue weighted by molar-refractivity contribution is 6.35. The molecule has 0 atom stereocenters. The number of rotatable bonds is 4. The van der Waals surface area contributed by atoms with Crippen LogP contribution in [0.4, 0.5) is 11.4 Å². The molecule has 0 bridgehead atoms. The first kappa shape index (κ1) is 14.8. The van der Waals surface area contributed by atoms with Gasteiger partial charge in [0.05, 0.1) is 17.3 Å². The Morgan fingerprint density at radius 2 is 1.91 bits per heavy atom. The second kappa shape index (κ2) is 6.34. The minimum atomic E-state index is -0.213. The van der Waals surface area contributed by atoms with Gasteiger partial charge in [-0.3, -0.25) is 4.79 Å². The van der Waals surface area contributed by atoms with Crippen LogP contribution in [-0.4, -0.2) is 19.2 Å². The molecule has 0 aromatic heterocycles. The summed E-state index contributed by atoms with van der Waals surface area (Å²) in [6.07, 6.45) is 0. The molecular formula is C15H12Cl2N2O3. The topological polar surface area (TPSA) is 59.6 Å². The molecule has 114 valence electrons. The zero-order valence-corrected chi connectivity index (χ0v) is 12.9. The summed E-state index contributed by atoms with van der Waals surface area (Å²) in [6.45, 7) is 0.260. The molecular weight excluding hydrogens is 327 g/mol. The Bertz CT molecular complexity index is 722. The van der Waals surface area contributed by atoms with Gasteiger partial charge in [-0.15, -0.1) is 0 Å². The van der Waals surface area contributed by atoms with Crippen LogP contribution < -0.4 is 20.1 Å². The third-order valence-electron chi connectivity index (χ3n) is 3.02. The highest BCUT2D eigenvalue weighted by Gasteiger charge is 2.14. The van der Waals surface area contributed by atoms with Crippen LogP contribution in [0.5, 0.6) is 11.5 Å². The molecule has 1 heterocycles. The van der Waals surface area contributed by atoms with Gasteiger partial charge in [0.2, 0.25) is 12.7 Å². The van der Waals surface area contributed by atoms with Crippen molar-refractivity contribution in [3.63, 3.8) is 0 Å². The number of anilines is 2. The summed E-state index contributed by atoms with van der Waals surface area (Å²) in [7, 11) is 0. The van der Waals surface area contributed by atoms with E-state index in [9.17, 15) is 4.79 Å². The van der Waals surface area contributed by atoms with E-state index < -0.39 is 0 Å². The Balaban J connectivity index is 1.59. The Morgan fingerprint density at radius 3 is 2.77 bits per heavy atom. The van der Waals surface area contributed by atoms with Crippen molar-refractivity contribution in [2.75, 3.05) is 24.0 Å². The number of carbonyl (C=O) groups is 1. The number of nitrogens with one attached hydrogen (secondary N) is 2. The molecule has 1 aliphatic heterocycles. The first-order valence-electron chi connectivity index (χ1n) is 6.50. The van der Waals surface area contributed by atoms with Gasteiger partial charge >= 0.3 is 0 Å². The van der Waals surface area contributed by atoms with Crippen molar-refractivity contribution in [3.05, 3.63) is 46.4 Å². The summed E-state index contributed by atoms with van der Waals surface area (Å²) in [4.78, 5) is 12.0. The van der Waals surface area contributed by atoms with Gasteiger partial charge in [0.15, 0.2) is 11.5 Å². The molecule has 2 aromatic carbocycles. The average molecular weight is 339 g/mol. The summed E-state index contributed by atoms with van der Waals surface area (Å²) in [5.41, 5.74) is 1.24. The third-order valence-corrected chi connectivity index (χ3v) is 3.59. The predicted molar refractivity (Wildman–Crippen MR) is 86.1 cm³/mol. The van der Waals surface area contributed by atoms with Crippen molar-refractivity contribution in [1.82, 2.24) is 0 Å². The Morgan fingerprint density at radius 1 is 1.09 bits per heavy atom. The van der Waals surface area contributed by atoms with Gasteiger partial charge in [-0.1, -0.05) is 23.2 Å². The zero-order valence-electron chi connectivity index (χ0n) is 11.4. The number of ether oxygens (including phenoxy) is 2. The maximum atomic E-state index is 12.0. The highest BCUT2D eigenvalue weighted by atomic mass is 35.5. The Labute approximate surface area is 137 Å². The lowest BCUT2D eigenvalue weighted by atomic mass is 10.2. The van der Waals surface area contributed by atoms with Crippen molar-refractivity contribution in [3.8, 4) is 11.5 Å². The van der Waals surface area contributed by atoms with E-state index in [-0.39, 0.29) is 19.2 Å². The fraction of sp³-hybridized carbons (Fsp3) is 0.133. The van der Waals surface area contributed by atoms with E-state index in [4.69, 9.17) is 32.7 Å². The fourth-order valence-corrected chi connectivity index (χ4v) is 2.34. The van der Waals surface area contributed by atoms with Gasteiger partial charge in [-0.05, 0) is 30.3 Å². The molecule has 0 radical (unpaired) electrons. The maximum Gasteiger partial charge on any atom is 0.243 e. The lowest BCUT2D eigenvalue weighted by Crippen LogP contribution is -2.21. The summed E-state index contributed by atoms with van der Waals surface area (Å²) < 4.78 is 10.5. The molecule has 0 saturated heterocycles. The molecule has 0 unspecified atom stereocenters. The maximum absolute atomic E-state index is 12.0. The summed E-state index contributed by atoms with van der Waals surface area (Å²) in [6, 6.07) is 10.2. The van der Waals surface area contributed by atoms with Crippen LogP contribution in [0.2, 0.25) is 10.0 Å². The highest BCUT2D eigenvalue weighted by Crippen LogP contribution is 2.34. The minimum Gasteiger partial charge on any atom is -0.454 e. The molecule has 0 spiro atoms. The number of hydrogen-bond acceptors (Lipinski definition) is 4. The molecule has 0 aliphatic carbocycles. The van der Waals surface area contributed by atoms with Gasteiger partial charge in [-0.25, -0.2) is 0 Å². The van der Waals surface area contributed by atoms with Gasteiger partial charge in [0.1, 0.15) is 0 Å². The number of hydrogen-bond donors (Lipinski definition) is 2. The number of halogens is 2. The van der Waals surface area contributed by atoms with Crippen molar-refractivity contribution < 1.29 is 14.3 Å². The number of benzene rings is 2. The Kier molecular flexibility index (Phi) is 4.27. The first-order chi connectivity index (χ1) is 10.6. The van der Waals surface area contributed by atoms with Gasteiger partial charge < -0.3 is 20.1 Å². The number of amides is 1. The quantitative estimate of drug-likeness (QED) is 0.890. The normalized spacial score (nSPS) is 12.1. The van der Waals surface area contributed by atoms with Crippen LogP contribution in [0.25, 0.3) is 0 Å². The summed E-state index contributed by atoms with van der Waals surface area (Å²) in [5, 5.41) is 6.75. The van der Waals surface area contributed by atoms with Crippen molar-refractivity contribution in [2.24, 2.45) is 0 Å². The summed E-state index contributed by atoms with van der Waals surface area (Å²) >= 11 is 11.9. The lowest BCUT2D eigenvalue weighted by molar-refractivity contribution is -0.114. The number of carbonyl (C=O) groups excluding carboxylic acids is 1. The van der Waals surface area contributed by atoms with E-state index in [2.05, 4.69) is 10.6 Å². The fourth-order valence-electron chi connectivity index (χ4n) is 1.99. The van der Waals surface area contributed by atoms with Crippen LogP contribution in [0, 0.1) is 0 Å². The van der Waals surface area contributed by atoms with Crippen LogP contribution in [0.3, 0.4) is 0 Å². The molecule has 1 aliphatic rings. The van der Waals surface area contributed by atoms with E-state index >= 15 is 0 Å². The third kappa shape index (κ3) is 3.37. The van der Waals surface area contributed by atoms with Gasteiger partial charge in [-0.2, -0.15) is 0 Å². The van der Waals surface area contributed by atoms with Crippen molar-refractivity contribution in [2.45, 2.75) is 0 Å². The molecule has 2 aromatic rings. The molecule has 7 heteroatoms. The van der Waals surface area contributed by atoms with E-state index in [1.165, 1.54) is 0 Å². The monoisotopic (exact) mass is 338 g/mol. The first-order valence-corrected chi connectivity index (χ1v) is 7.26. The standard InChI is InChI=1S/C15H12Cl2N2O3/c16-9-1-3-11(17)12(5-9)18-7-15(20)19-10-2-4-13-14(6-10)22-8-21-13/h1-6,18H,7-8H2,(H,19,20). The summed E-state index contributed by atoms with van der Waals surface area (Å²) in [5.74, 6) is 1.07. The zero-order chi connectivity index (χ0) is 15.5. The smallest absolute Gasteiger partial charge is 0.243 e. The van der Waals surface area contributed by atoms with Crippen LogP contribution in [-0.2, 0) is 4.79 Å². The van der Waals surface area contributed by atoms with Crippen LogP contribution in [0.15, 0.2) is 36.4 Å². The van der Waals surface area contributed by atoms with Crippen LogP contribution >= 0.6 is 23.2 Å². The van der Waals surface area contributed by atoms with Crippen molar-refractivity contribution >= 4 is 40.5 Å². The lowest BCUT2D eigenvalue weighted by Gasteiger charge is -2.10. The largest absolute Gasteiger partial charge is 0.454 e. The van der Waals surface area contributed by atoms with E-state index in [1.54, 1.807) is 36.4 Å². The average Bonchev–Trinajstić information content (AvgIpc) is 2.96. The minimum absolute atomic E-state index is 0.0640. The molecule has 0 saturated carbocycles. The van der Waals surface area contributed by atoms with Crippen LogP contribution in [0.1, 0.15) is 0 Å². The second-order valence-electron chi connectivity index (χ2n) is 4.59. The van der Waals surface area contributed by atoms with E-state index in [1.807, 2.05) is 0 Å². The predicted octanol–water partition coefficient (Wildman–Crippen LogP) is 3.77. The molecule has 3 rings (SSSR count). The molecule has 1 amide bonds. The molecule has 2 N–H and O–H groups in total. The molecule has 5 nitrogen and oxygen atoms in total. The van der Waals surface area contributed by atoms with E-state index in [0.717, 1.165) is 0 Å². The van der Waals surface area contributed by atoms with E-state index in [0.29, 0.717) is 32.9 Å². The van der Waals surface area contributed by atoms with Crippen molar-refractivity contribution in [1.29, 1.82) is 0 Å². The Hall–Kier alpha value is -2.11.